The topological polar surface area (TPSA) is 92.5 Å². The monoisotopic (exact) mass is 236 g/mol. The molecule has 6 heteroatoms. The average molecular weight is 236 g/mol. The molecule has 0 saturated heterocycles. The molecule has 2 N–H and O–H groups in total. The van der Waals surface area contributed by atoms with E-state index in [0.29, 0.717) is 12.2 Å². The number of hydrogen-bond acceptors (Lipinski definition) is 4. The Labute approximate surface area is 97.7 Å². The highest BCUT2D eigenvalue weighted by atomic mass is 16.6. The van der Waals surface area contributed by atoms with Crippen molar-refractivity contribution < 1.29 is 14.8 Å². The summed E-state index contributed by atoms with van der Waals surface area (Å²) in [4.78, 5) is 20.8. The first-order chi connectivity index (χ1) is 8.06. The third kappa shape index (κ3) is 3.30. The van der Waals surface area contributed by atoms with Crippen molar-refractivity contribution in [2.24, 2.45) is 0 Å². The molecule has 0 aliphatic carbocycles. The predicted octanol–water partition coefficient (Wildman–Crippen LogP) is 2.28. The third-order valence-electron chi connectivity index (χ3n) is 2.10. The van der Waals surface area contributed by atoms with Crippen molar-refractivity contribution in [3.05, 3.63) is 46.5 Å². The zero-order chi connectivity index (χ0) is 12.8. The van der Waals surface area contributed by atoms with Gasteiger partial charge in [0.05, 0.1) is 4.92 Å². The molecule has 0 heterocycles. The average Bonchev–Trinajstić information content (AvgIpc) is 2.29. The second-order valence-corrected chi connectivity index (χ2v) is 3.30. The highest BCUT2D eigenvalue weighted by Gasteiger charge is 2.19. The molecule has 0 radical (unpaired) electrons. The number of benzene rings is 1. The molecular weight excluding hydrogens is 224 g/mol. The van der Waals surface area contributed by atoms with Gasteiger partial charge in [0.1, 0.15) is 5.56 Å². The largest absolute Gasteiger partial charge is 0.477 e. The molecule has 0 spiro atoms. The van der Waals surface area contributed by atoms with Crippen LogP contribution in [0.25, 0.3) is 0 Å². The normalized spacial score (nSPS) is 9.65. The van der Waals surface area contributed by atoms with Crippen molar-refractivity contribution in [3.63, 3.8) is 0 Å². The van der Waals surface area contributed by atoms with Gasteiger partial charge in [-0.05, 0) is 18.6 Å². The van der Waals surface area contributed by atoms with E-state index in [1.54, 1.807) is 6.08 Å². The first-order valence-electron chi connectivity index (χ1n) is 4.92. The molecular formula is C11H12N2O4. The Balaban J connectivity index is 2.97. The van der Waals surface area contributed by atoms with E-state index in [1.165, 1.54) is 18.2 Å². The van der Waals surface area contributed by atoms with Crippen LogP contribution in [0.3, 0.4) is 0 Å². The minimum absolute atomic E-state index is 0.321. The molecule has 0 aliphatic rings. The molecule has 0 aliphatic heterocycles. The number of carboxylic acid groups (broad SMARTS) is 1. The van der Waals surface area contributed by atoms with Crippen molar-refractivity contribution in [1.29, 1.82) is 0 Å². The molecule has 6 nitrogen and oxygen atoms in total. The van der Waals surface area contributed by atoms with Gasteiger partial charge in [0, 0.05) is 18.3 Å². The fourth-order valence-electron chi connectivity index (χ4n) is 1.30. The highest BCUT2D eigenvalue weighted by Crippen LogP contribution is 2.22. The van der Waals surface area contributed by atoms with Gasteiger partial charge in [-0.15, -0.1) is 6.58 Å². The van der Waals surface area contributed by atoms with Crippen LogP contribution in [0.15, 0.2) is 30.9 Å². The number of carbonyl (C=O) groups is 1. The summed E-state index contributed by atoms with van der Waals surface area (Å²) in [5.41, 5.74) is -0.194. The summed E-state index contributed by atoms with van der Waals surface area (Å²) in [6, 6.07) is 3.91. The quantitative estimate of drug-likeness (QED) is 0.342. The van der Waals surface area contributed by atoms with E-state index in [2.05, 4.69) is 11.9 Å². The lowest BCUT2D eigenvalue weighted by atomic mass is 10.1. The van der Waals surface area contributed by atoms with Crippen molar-refractivity contribution in [3.8, 4) is 0 Å². The van der Waals surface area contributed by atoms with Gasteiger partial charge in [0.15, 0.2) is 0 Å². The molecule has 17 heavy (non-hydrogen) atoms. The van der Waals surface area contributed by atoms with Crippen molar-refractivity contribution >= 4 is 17.3 Å². The van der Waals surface area contributed by atoms with Gasteiger partial charge in [0.2, 0.25) is 0 Å². The summed E-state index contributed by atoms with van der Waals surface area (Å²) in [6.45, 7) is 4.15. The number of nitrogens with one attached hydrogen (secondary N) is 1. The Kier molecular flexibility index (Phi) is 4.21. The van der Waals surface area contributed by atoms with Gasteiger partial charge in [-0.25, -0.2) is 4.79 Å². The van der Waals surface area contributed by atoms with Crippen LogP contribution >= 0.6 is 0 Å². The van der Waals surface area contributed by atoms with E-state index < -0.39 is 16.6 Å². The Morgan fingerprint density at radius 3 is 2.82 bits per heavy atom. The van der Waals surface area contributed by atoms with Gasteiger partial charge in [0.25, 0.3) is 5.69 Å². The molecule has 0 fully saturated rings. The minimum Gasteiger partial charge on any atom is -0.477 e. The highest BCUT2D eigenvalue weighted by molar-refractivity contribution is 5.93. The Hall–Kier alpha value is -2.37. The molecule has 0 aromatic heterocycles. The van der Waals surface area contributed by atoms with E-state index in [9.17, 15) is 14.9 Å². The van der Waals surface area contributed by atoms with Crippen LogP contribution in [-0.4, -0.2) is 22.5 Å². The van der Waals surface area contributed by atoms with E-state index in [-0.39, 0.29) is 5.56 Å². The molecule has 1 aromatic rings. The van der Waals surface area contributed by atoms with Crippen molar-refractivity contribution in [1.82, 2.24) is 0 Å². The Morgan fingerprint density at radius 2 is 2.29 bits per heavy atom. The molecule has 0 bridgehead atoms. The maximum atomic E-state index is 10.9. The standard InChI is InChI=1S/C11H12N2O4/c1-2-3-6-12-8-4-5-10(13(16)17)9(7-8)11(14)15/h2,4-5,7,12H,1,3,6H2,(H,14,15). The number of rotatable bonds is 6. The van der Waals surface area contributed by atoms with Crippen LogP contribution in [0, 0.1) is 10.1 Å². The van der Waals surface area contributed by atoms with E-state index >= 15 is 0 Å². The maximum Gasteiger partial charge on any atom is 0.342 e. The van der Waals surface area contributed by atoms with E-state index in [1.807, 2.05) is 0 Å². The lowest BCUT2D eigenvalue weighted by molar-refractivity contribution is -0.385. The molecule has 1 aromatic carbocycles. The zero-order valence-corrected chi connectivity index (χ0v) is 9.05. The van der Waals surface area contributed by atoms with Crippen LogP contribution in [0.2, 0.25) is 0 Å². The molecule has 0 atom stereocenters. The summed E-state index contributed by atoms with van der Waals surface area (Å²) >= 11 is 0. The van der Waals surface area contributed by atoms with Gasteiger partial charge in [-0.2, -0.15) is 0 Å². The lowest BCUT2D eigenvalue weighted by Gasteiger charge is -2.05. The van der Waals surface area contributed by atoms with E-state index in [4.69, 9.17) is 5.11 Å². The zero-order valence-electron chi connectivity index (χ0n) is 9.05. The number of nitro groups is 1. The molecule has 0 unspecified atom stereocenters. The smallest absolute Gasteiger partial charge is 0.342 e. The van der Waals surface area contributed by atoms with Gasteiger partial charge in [-0.1, -0.05) is 6.08 Å². The van der Waals surface area contributed by atoms with Crippen LogP contribution in [0.4, 0.5) is 11.4 Å². The Morgan fingerprint density at radius 1 is 1.59 bits per heavy atom. The second kappa shape index (κ2) is 5.64. The number of nitrogens with zero attached hydrogens (tertiary/aromatic N) is 1. The molecule has 0 saturated carbocycles. The van der Waals surface area contributed by atoms with Gasteiger partial charge < -0.3 is 10.4 Å². The van der Waals surface area contributed by atoms with Gasteiger partial charge >= 0.3 is 5.97 Å². The van der Waals surface area contributed by atoms with E-state index in [0.717, 1.165) is 6.42 Å². The lowest BCUT2D eigenvalue weighted by Crippen LogP contribution is -2.05. The number of carboxylic acids is 1. The minimum atomic E-state index is -1.32. The van der Waals surface area contributed by atoms with Crippen molar-refractivity contribution in [2.45, 2.75) is 6.42 Å². The summed E-state index contributed by atoms with van der Waals surface area (Å²) < 4.78 is 0. The van der Waals surface area contributed by atoms with Crippen LogP contribution in [-0.2, 0) is 0 Å². The second-order valence-electron chi connectivity index (χ2n) is 3.30. The molecule has 90 valence electrons. The number of aromatic carboxylic acids is 1. The van der Waals surface area contributed by atoms with Gasteiger partial charge in [-0.3, -0.25) is 10.1 Å². The van der Waals surface area contributed by atoms with Crippen molar-refractivity contribution in [2.75, 3.05) is 11.9 Å². The van der Waals surface area contributed by atoms with Crippen LogP contribution in [0.5, 0.6) is 0 Å². The fraction of sp³-hybridized carbons (Fsp3) is 0.182. The summed E-state index contributed by atoms with van der Waals surface area (Å²) in [7, 11) is 0. The maximum absolute atomic E-state index is 10.9. The third-order valence-corrected chi connectivity index (χ3v) is 2.10. The predicted molar refractivity (Wildman–Crippen MR) is 63.4 cm³/mol. The number of nitro benzene ring substituents is 1. The molecule has 0 amide bonds. The van der Waals surface area contributed by atoms with Crippen LogP contribution in [0.1, 0.15) is 16.8 Å². The summed E-state index contributed by atoms with van der Waals surface area (Å²) in [6.07, 6.45) is 2.44. The SMILES string of the molecule is C=CCCNc1ccc([N+](=O)[O-])c(C(=O)O)c1. The van der Waals surface area contributed by atoms with Crippen LogP contribution < -0.4 is 5.32 Å². The number of anilines is 1. The fourth-order valence-corrected chi connectivity index (χ4v) is 1.30. The first kappa shape index (κ1) is 12.7. The molecule has 1 rings (SSSR count). The number of hydrogen-bond donors (Lipinski definition) is 2. The Bertz CT molecular complexity index is 457. The summed E-state index contributed by atoms with van der Waals surface area (Å²) in [5, 5.41) is 22.4. The summed E-state index contributed by atoms with van der Waals surface area (Å²) in [5.74, 6) is -1.32. The first-order valence-corrected chi connectivity index (χ1v) is 4.92.